The fraction of sp³-hybridized carbons (Fsp3) is 0.263. The number of carbonyl (C=O) groups excluding carboxylic acids is 2. The van der Waals surface area contributed by atoms with Crippen LogP contribution in [0.4, 0.5) is 10.5 Å². The highest BCUT2D eigenvalue weighted by molar-refractivity contribution is 5.90. The number of alkyl carbamates (subject to hydrolysis) is 1. The number of nitrogens with one attached hydrogen (secondary N) is 1. The van der Waals surface area contributed by atoms with Crippen LogP contribution in [0.15, 0.2) is 48.5 Å². The number of aliphatic hydroxyl groups excluding tert-OH is 2. The van der Waals surface area contributed by atoms with Gasteiger partial charge in [-0.05, 0) is 17.2 Å². The molecule has 0 fully saturated rings. The van der Waals surface area contributed by atoms with E-state index in [1.165, 1.54) is 6.07 Å². The van der Waals surface area contributed by atoms with E-state index in [2.05, 4.69) is 10.1 Å². The number of benzene rings is 2. The van der Waals surface area contributed by atoms with Crippen LogP contribution in [0, 0.1) is 10.1 Å². The van der Waals surface area contributed by atoms with Crippen LogP contribution >= 0.6 is 0 Å². The highest BCUT2D eigenvalue weighted by Gasteiger charge is 2.24. The second-order valence-corrected chi connectivity index (χ2v) is 6.02. The molecule has 0 aromatic heterocycles. The van der Waals surface area contributed by atoms with E-state index in [9.17, 15) is 29.9 Å². The van der Waals surface area contributed by atoms with E-state index in [4.69, 9.17) is 4.74 Å². The summed E-state index contributed by atoms with van der Waals surface area (Å²) >= 11 is 0. The van der Waals surface area contributed by atoms with Gasteiger partial charge >= 0.3 is 12.1 Å². The Morgan fingerprint density at radius 3 is 2.48 bits per heavy atom. The highest BCUT2D eigenvalue weighted by atomic mass is 16.6. The Morgan fingerprint density at radius 1 is 1.17 bits per heavy atom. The molecule has 10 heteroatoms. The smallest absolute Gasteiger partial charge is 0.407 e. The minimum atomic E-state index is -1.60. The van der Waals surface area contributed by atoms with Gasteiger partial charge in [-0.3, -0.25) is 10.1 Å². The molecule has 2 rings (SSSR count). The lowest BCUT2D eigenvalue weighted by atomic mass is 10.0. The van der Waals surface area contributed by atoms with Crippen molar-refractivity contribution in [3.8, 4) is 0 Å². The number of rotatable bonds is 8. The van der Waals surface area contributed by atoms with Crippen molar-refractivity contribution >= 4 is 17.7 Å². The van der Waals surface area contributed by atoms with Gasteiger partial charge in [0.25, 0.3) is 5.69 Å². The number of nitro groups is 1. The Hall–Kier alpha value is -3.50. The van der Waals surface area contributed by atoms with Crippen LogP contribution in [0.5, 0.6) is 0 Å². The third-order valence-electron chi connectivity index (χ3n) is 3.95. The number of hydrogen-bond donors (Lipinski definition) is 3. The quantitative estimate of drug-likeness (QED) is 0.342. The summed E-state index contributed by atoms with van der Waals surface area (Å²) in [6.07, 6.45) is -3.92. The molecule has 0 spiro atoms. The summed E-state index contributed by atoms with van der Waals surface area (Å²) in [5, 5.41) is 33.7. The van der Waals surface area contributed by atoms with Gasteiger partial charge in [-0.1, -0.05) is 30.3 Å². The fourth-order valence-corrected chi connectivity index (χ4v) is 2.44. The second-order valence-electron chi connectivity index (χ2n) is 6.02. The molecule has 0 aliphatic heterocycles. The standard InChI is InChI=1S/C19H20N2O8/c1-28-18(24)14-7-13(8-15(9-14)21(26)27)17(23)16(22)10-20-19(25)29-11-12-5-3-2-4-6-12/h2-9,16-17,22-23H,10-11H2,1H3,(H,20,25). The van der Waals surface area contributed by atoms with Crippen LogP contribution in [0.1, 0.15) is 27.6 Å². The number of non-ortho nitro benzene ring substituents is 1. The van der Waals surface area contributed by atoms with Crippen molar-refractivity contribution in [2.75, 3.05) is 13.7 Å². The molecular weight excluding hydrogens is 384 g/mol. The summed E-state index contributed by atoms with van der Waals surface area (Å²) in [5.41, 5.74) is 0.0873. The van der Waals surface area contributed by atoms with Crippen molar-refractivity contribution < 1.29 is 34.2 Å². The van der Waals surface area contributed by atoms with Crippen molar-refractivity contribution in [3.05, 3.63) is 75.3 Å². The van der Waals surface area contributed by atoms with E-state index in [1.807, 2.05) is 6.07 Å². The zero-order chi connectivity index (χ0) is 21.4. The highest BCUT2D eigenvalue weighted by Crippen LogP contribution is 2.24. The average molecular weight is 404 g/mol. The maximum atomic E-state index is 11.7. The molecule has 2 aromatic carbocycles. The lowest BCUT2D eigenvalue weighted by Gasteiger charge is -2.19. The molecule has 10 nitrogen and oxygen atoms in total. The van der Waals surface area contributed by atoms with Gasteiger partial charge in [0.05, 0.1) is 17.6 Å². The van der Waals surface area contributed by atoms with E-state index >= 15 is 0 Å². The molecule has 0 aliphatic carbocycles. The van der Waals surface area contributed by atoms with E-state index in [-0.39, 0.29) is 24.3 Å². The third-order valence-corrected chi connectivity index (χ3v) is 3.95. The van der Waals surface area contributed by atoms with Crippen LogP contribution in [0.25, 0.3) is 0 Å². The maximum absolute atomic E-state index is 11.7. The first-order valence-electron chi connectivity index (χ1n) is 8.50. The average Bonchev–Trinajstić information content (AvgIpc) is 2.75. The van der Waals surface area contributed by atoms with E-state index < -0.39 is 34.9 Å². The minimum absolute atomic E-state index is 0.0265. The molecule has 154 valence electrons. The number of nitro benzene ring substituents is 1. The number of esters is 1. The first-order valence-corrected chi connectivity index (χ1v) is 8.50. The van der Waals surface area contributed by atoms with E-state index in [1.54, 1.807) is 24.3 Å². The van der Waals surface area contributed by atoms with E-state index in [0.29, 0.717) is 0 Å². The normalized spacial score (nSPS) is 12.5. The third kappa shape index (κ3) is 6.26. The van der Waals surface area contributed by atoms with Crippen LogP contribution in [0.2, 0.25) is 0 Å². The van der Waals surface area contributed by atoms with Gasteiger partial charge in [0.2, 0.25) is 0 Å². The molecule has 3 N–H and O–H groups in total. The van der Waals surface area contributed by atoms with Gasteiger partial charge in [-0.25, -0.2) is 9.59 Å². The van der Waals surface area contributed by atoms with Crippen LogP contribution in [-0.4, -0.2) is 47.0 Å². The topological polar surface area (TPSA) is 148 Å². The molecule has 0 bridgehead atoms. The number of carbonyl (C=O) groups is 2. The lowest BCUT2D eigenvalue weighted by Crippen LogP contribution is -2.35. The molecule has 2 atom stereocenters. The minimum Gasteiger partial charge on any atom is -0.465 e. The number of nitrogens with zero attached hydrogens (tertiary/aromatic N) is 1. The maximum Gasteiger partial charge on any atom is 0.407 e. The first-order chi connectivity index (χ1) is 13.8. The zero-order valence-corrected chi connectivity index (χ0v) is 15.5. The fourth-order valence-electron chi connectivity index (χ4n) is 2.44. The summed E-state index contributed by atoms with van der Waals surface area (Å²) in [5.74, 6) is -0.834. The number of methoxy groups -OCH3 is 1. The Morgan fingerprint density at radius 2 is 1.86 bits per heavy atom. The molecule has 29 heavy (non-hydrogen) atoms. The van der Waals surface area contributed by atoms with Gasteiger partial charge in [0.1, 0.15) is 18.8 Å². The summed E-state index contributed by atoms with van der Waals surface area (Å²) < 4.78 is 9.52. The number of amides is 1. The van der Waals surface area contributed by atoms with Gasteiger partial charge in [-0.2, -0.15) is 0 Å². The van der Waals surface area contributed by atoms with Crippen LogP contribution in [-0.2, 0) is 16.1 Å². The molecular formula is C19H20N2O8. The number of aliphatic hydroxyl groups is 2. The second kappa shape index (κ2) is 10.2. The van der Waals surface area contributed by atoms with Crippen molar-refractivity contribution in [2.45, 2.75) is 18.8 Å². The van der Waals surface area contributed by atoms with Gasteiger partial charge in [0, 0.05) is 18.7 Å². The van der Waals surface area contributed by atoms with Crippen molar-refractivity contribution in [1.82, 2.24) is 5.32 Å². The summed E-state index contributed by atoms with van der Waals surface area (Å²) in [6.45, 7) is -0.357. The predicted octanol–water partition coefficient (Wildman–Crippen LogP) is 1.70. The molecule has 0 aliphatic rings. The van der Waals surface area contributed by atoms with Crippen molar-refractivity contribution in [1.29, 1.82) is 0 Å². The number of ether oxygens (including phenoxy) is 2. The Kier molecular flexibility index (Phi) is 7.63. The zero-order valence-electron chi connectivity index (χ0n) is 15.5. The SMILES string of the molecule is COC(=O)c1cc(C(O)C(O)CNC(=O)OCc2ccccc2)cc([N+](=O)[O-])c1. The summed E-state index contributed by atoms with van der Waals surface area (Å²) in [6, 6.07) is 12.1. The summed E-state index contributed by atoms with van der Waals surface area (Å²) in [7, 11) is 1.11. The van der Waals surface area contributed by atoms with E-state index in [0.717, 1.165) is 24.8 Å². The lowest BCUT2D eigenvalue weighted by molar-refractivity contribution is -0.385. The molecule has 0 saturated heterocycles. The van der Waals surface area contributed by atoms with Gasteiger partial charge in [-0.15, -0.1) is 0 Å². The van der Waals surface area contributed by atoms with Crippen molar-refractivity contribution in [3.63, 3.8) is 0 Å². The Balaban J connectivity index is 1.99. The monoisotopic (exact) mass is 404 g/mol. The van der Waals surface area contributed by atoms with Gasteiger partial charge in [0.15, 0.2) is 0 Å². The Labute approximate surface area is 165 Å². The number of hydrogen-bond acceptors (Lipinski definition) is 8. The molecule has 0 heterocycles. The van der Waals surface area contributed by atoms with Crippen LogP contribution < -0.4 is 5.32 Å². The molecule has 0 radical (unpaired) electrons. The largest absolute Gasteiger partial charge is 0.465 e. The first kappa shape index (κ1) is 21.8. The molecule has 0 saturated carbocycles. The summed E-state index contributed by atoms with van der Waals surface area (Å²) in [4.78, 5) is 33.7. The van der Waals surface area contributed by atoms with Gasteiger partial charge < -0.3 is 25.0 Å². The molecule has 2 aromatic rings. The Bertz CT molecular complexity index is 872. The van der Waals surface area contributed by atoms with Crippen molar-refractivity contribution in [2.24, 2.45) is 0 Å². The molecule has 2 unspecified atom stereocenters. The van der Waals surface area contributed by atoms with Crippen LogP contribution in [0.3, 0.4) is 0 Å². The predicted molar refractivity (Wildman–Crippen MR) is 100 cm³/mol. The molecule has 1 amide bonds.